The van der Waals surface area contributed by atoms with Crippen LogP contribution >= 0.6 is 22.9 Å². The Hall–Kier alpha value is -1.13. The van der Waals surface area contributed by atoms with Crippen LogP contribution in [0.5, 0.6) is 5.88 Å². The SMILES string of the molecule is Fc1c(CCl)ccnc1OCc1cccs1. The van der Waals surface area contributed by atoms with E-state index in [1.165, 1.54) is 6.20 Å². The summed E-state index contributed by atoms with van der Waals surface area (Å²) in [5, 5.41) is 1.94. The van der Waals surface area contributed by atoms with Crippen LogP contribution in [0, 0.1) is 5.82 Å². The average Bonchev–Trinajstić information content (AvgIpc) is 2.81. The van der Waals surface area contributed by atoms with E-state index in [0.717, 1.165) is 4.88 Å². The van der Waals surface area contributed by atoms with E-state index in [2.05, 4.69) is 4.98 Å². The summed E-state index contributed by atoms with van der Waals surface area (Å²) in [6, 6.07) is 5.39. The van der Waals surface area contributed by atoms with Crippen molar-refractivity contribution in [3.05, 3.63) is 46.0 Å². The molecule has 5 heteroatoms. The maximum atomic E-state index is 13.6. The minimum Gasteiger partial charge on any atom is -0.470 e. The van der Waals surface area contributed by atoms with Crippen LogP contribution in [-0.2, 0) is 12.5 Å². The summed E-state index contributed by atoms with van der Waals surface area (Å²) < 4.78 is 18.9. The second kappa shape index (κ2) is 5.27. The van der Waals surface area contributed by atoms with Gasteiger partial charge in [0, 0.05) is 16.6 Å². The highest BCUT2D eigenvalue weighted by molar-refractivity contribution is 7.09. The quantitative estimate of drug-likeness (QED) is 0.781. The van der Waals surface area contributed by atoms with E-state index in [0.29, 0.717) is 12.2 Å². The number of rotatable bonds is 4. The minimum absolute atomic E-state index is 0.00606. The summed E-state index contributed by atoms with van der Waals surface area (Å²) in [6.07, 6.45) is 1.49. The summed E-state index contributed by atoms with van der Waals surface area (Å²) in [5.41, 5.74) is 0.401. The molecule has 0 aliphatic carbocycles. The zero-order valence-electron chi connectivity index (χ0n) is 8.32. The molecular weight excluding hydrogens is 249 g/mol. The van der Waals surface area contributed by atoms with E-state index >= 15 is 0 Å². The molecule has 0 aromatic carbocycles. The van der Waals surface area contributed by atoms with Gasteiger partial charge in [0.15, 0.2) is 5.82 Å². The first-order valence-electron chi connectivity index (χ1n) is 4.66. The smallest absolute Gasteiger partial charge is 0.251 e. The van der Waals surface area contributed by atoms with Crippen molar-refractivity contribution in [2.45, 2.75) is 12.5 Å². The summed E-state index contributed by atoms with van der Waals surface area (Å²) >= 11 is 7.14. The number of aromatic nitrogens is 1. The standard InChI is InChI=1S/C11H9ClFNOS/c12-6-8-3-4-14-11(10(8)13)15-7-9-2-1-5-16-9/h1-5H,6-7H2. The monoisotopic (exact) mass is 257 g/mol. The zero-order valence-corrected chi connectivity index (χ0v) is 9.89. The topological polar surface area (TPSA) is 22.1 Å². The molecule has 0 unspecified atom stereocenters. The van der Waals surface area contributed by atoms with Crippen LogP contribution in [0.1, 0.15) is 10.4 Å². The van der Waals surface area contributed by atoms with E-state index in [1.807, 2.05) is 17.5 Å². The molecule has 0 aliphatic heterocycles. The lowest BCUT2D eigenvalue weighted by molar-refractivity contribution is 0.279. The van der Waals surface area contributed by atoms with Crippen LogP contribution in [0.15, 0.2) is 29.8 Å². The van der Waals surface area contributed by atoms with Gasteiger partial charge in [-0.3, -0.25) is 0 Å². The lowest BCUT2D eigenvalue weighted by Gasteiger charge is -2.06. The van der Waals surface area contributed by atoms with Gasteiger partial charge in [0.1, 0.15) is 6.61 Å². The molecular formula is C11H9ClFNOS. The van der Waals surface area contributed by atoms with E-state index in [-0.39, 0.29) is 11.8 Å². The van der Waals surface area contributed by atoms with Crippen LogP contribution in [-0.4, -0.2) is 4.98 Å². The van der Waals surface area contributed by atoms with Crippen molar-refractivity contribution < 1.29 is 9.13 Å². The summed E-state index contributed by atoms with van der Waals surface area (Å²) in [7, 11) is 0. The first kappa shape index (κ1) is 11.4. The van der Waals surface area contributed by atoms with Crippen molar-refractivity contribution in [1.29, 1.82) is 0 Å². The second-order valence-corrected chi connectivity index (χ2v) is 4.39. The van der Waals surface area contributed by atoms with Crippen LogP contribution in [0.4, 0.5) is 4.39 Å². The summed E-state index contributed by atoms with van der Waals surface area (Å²) in [4.78, 5) is 4.86. The van der Waals surface area contributed by atoms with Crippen LogP contribution in [0.3, 0.4) is 0 Å². The van der Waals surface area contributed by atoms with Gasteiger partial charge >= 0.3 is 0 Å². The Morgan fingerprint density at radius 2 is 2.31 bits per heavy atom. The minimum atomic E-state index is -0.478. The molecule has 16 heavy (non-hydrogen) atoms. The lowest BCUT2D eigenvalue weighted by atomic mass is 10.3. The van der Waals surface area contributed by atoms with E-state index < -0.39 is 5.82 Å². The lowest BCUT2D eigenvalue weighted by Crippen LogP contribution is -2.00. The van der Waals surface area contributed by atoms with Gasteiger partial charge < -0.3 is 4.74 Å². The Balaban J connectivity index is 2.09. The van der Waals surface area contributed by atoms with Gasteiger partial charge in [0.2, 0.25) is 0 Å². The fourth-order valence-electron chi connectivity index (χ4n) is 1.20. The third-order valence-corrected chi connectivity index (χ3v) is 3.15. The zero-order chi connectivity index (χ0) is 11.4. The highest BCUT2D eigenvalue weighted by Crippen LogP contribution is 2.20. The fourth-order valence-corrected chi connectivity index (χ4v) is 2.02. The van der Waals surface area contributed by atoms with Crippen molar-refractivity contribution in [1.82, 2.24) is 4.98 Å². The van der Waals surface area contributed by atoms with Gasteiger partial charge in [-0.15, -0.1) is 22.9 Å². The molecule has 2 nitrogen and oxygen atoms in total. The molecule has 2 rings (SSSR count). The van der Waals surface area contributed by atoms with Crippen molar-refractivity contribution in [3.8, 4) is 5.88 Å². The molecule has 0 saturated carbocycles. The van der Waals surface area contributed by atoms with Crippen LogP contribution < -0.4 is 4.74 Å². The van der Waals surface area contributed by atoms with E-state index in [4.69, 9.17) is 16.3 Å². The Bertz CT molecular complexity index is 461. The van der Waals surface area contributed by atoms with Gasteiger partial charge in [-0.1, -0.05) is 6.07 Å². The summed E-state index contributed by atoms with van der Waals surface area (Å²) in [5.74, 6) is -0.357. The Kier molecular flexibility index (Phi) is 3.74. The largest absolute Gasteiger partial charge is 0.470 e. The maximum absolute atomic E-state index is 13.6. The second-order valence-electron chi connectivity index (χ2n) is 3.09. The van der Waals surface area contributed by atoms with Gasteiger partial charge in [-0.25, -0.2) is 9.37 Å². The Morgan fingerprint density at radius 3 is 3.00 bits per heavy atom. The number of pyridine rings is 1. The predicted molar refractivity (Wildman–Crippen MR) is 62.4 cm³/mol. The average molecular weight is 258 g/mol. The third kappa shape index (κ3) is 2.51. The molecule has 0 bridgehead atoms. The number of thiophene rings is 1. The Labute approximate surface area is 102 Å². The first-order valence-corrected chi connectivity index (χ1v) is 6.07. The molecule has 0 radical (unpaired) electrons. The molecule has 0 atom stereocenters. The normalized spacial score (nSPS) is 10.4. The molecule has 2 aromatic rings. The molecule has 0 aliphatic rings. The van der Waals surface area contributed by atoms with Gasteiger partial charge in [0.25, 0.3) is 5.88 Å². The number of hydrogen-bond donors (Lipinski definition) is 0. The van der Waals surface area contributed by atoms with Crippen molar-refractivity contribution >= 4 is 22.9 Å². The van der Waals surface area contributed by atoms with E-state index in [9.17, 15) is 4.39 Å². The highest BCUT2D eigenvalue weighted by Gasteiger charge is 2.10. The molecule has 84 valence electrons. The van der Waals surface area contributed by atoms with Crippen molar-refractivity contribution in [3.63, 3.8) is 0 Å². The van der Waals surface area contributed by atoms with Gasteiger partial charge in [-0.2, -0.15) is 0 Å². The molecule has 0 amide bonds. The van der Waals surface area contributed by atoms with Crippen LogP contribution in [0.25, 0.3) is 0 Å². The van der Waals surface area contributed by atoms with Crippen LogP contribution in [0.2, 0.25) is 0 Å². The first-order chi connectivity index (χ1) is 7.81. The number of halogens is 2. The molecule has 2 aromatic heterocycles. The number of hydrogen-bond acceptors (Lipinski definition) is 3. The van der Waals surface area contributed by atoms with E-state index in [1.54, 1.807) is 17.4 Å². The predicted octanol–water partition coefficient (Wildman–Crippen LogP) is 3.60. The highest BCUT2D eigenvalue weighted by atomic mass is 35.5. The molecule has 0 saturated heterocycles. The molecule has 0 fully saturated rings. The molecule has 0 N–H and O–H groups in total. The van der Waals surface area contributed by atoms with Crippen molar-refractivity contribution in [2.24, 2.45) is 0 Å². The maximum Gasteiger partial charge on any atom is 0.251 e. The molecule has 2 heterocycles. The van der Waals surface area contributed by atoms with Crippen molar-refractivity contribution in [2.75, 3.05) is 0 Å². The van der Waals surface area contributed by atoms with Gasteiger partial charge in [0.05, 0.1) is 5.88 Å². The fraction of sp³-hybridized carbons (Fsp3) is 0.182. The number of nitrogens with zero attached hydrogens (tertiary/aromatic N) is 1. The van der Waals surface area contributed by atoms with Gasteiger partial charge in [-0.05, 0) is 17.5 Å². The number of alkyl halides is 1. The summed E-state index contributed by atoms with van der Waals surface area (Å²) in [6.45, 7) is 0.327. The third-order valence-electron chi connectivity index (χ3n) is 2.01. The Morgan fingerprint density at radius 1 is 1.44 bits per heavy atom. The number of ether oxygens (including phenoxy) is 1. The molecule has 0 spiro atoms.